The van der Waals surface area contributed by atoms with Crippen molar-refractivity contribution >= 4 is 11.6 Å². The Kier molecular flexibility index (Phi) is 57.8. The number of allylic oxidation sites excluding steroid dienone is 2. The van der Waals surface area contributed by atoms with Crippen molar-refractivity contribution in [2.75, 3.05) is 26.8 Å². The van der Waals surface area contributed by atoms with Crippen LogP contribution < -0.4 is 0 Å². The summed E-state index contributed by atoms with van der Waals surface area (Å²) in [5.41, 5.74) is 0. The third-order valence-corrected chi connectivity index (χ3v) is 6.84. The van der Waals surface area contributed by atoms with Crippen molar-refractivity contribution < 1.29 is 14.3 Å². The van der Waals surface area contributed by atoms with Crippen LogP contribution in [-0.4, -0.2) is 49.3 Å². The van der Waals surface area contributed by atoms with Crippen molar-refractivity contribution in [2.24, 2.45) is 5.92 Å². The summed E-state index contributed by atoms with van der Waals surface area (Å²) >= 11 is 0. The van der Waals surface area contributed by atoms with Gasteiger partial charge in [0.1, 0.15) is 5.78 Å². The molecule has 0 spiro atoms. The lowest BCUT2D eigenvalue weighted by Gasteiger charge is -2.23. The number of carbonyl (C=O) groups is 2. The summed E-state index contributed by atoms with van der Waals surface area (Å²) in [6.07, 6.45) is 25.3. The van der Waals surface area contributed by atoms with E-state index in [-0.39, 0.29) is 5.78 Å². The minimum absolute atomic E-state index is 0.159. The number of hydrogen-bond donors (Lipinski definition) is 0. The van der Waals surface area contributed by atoms with Crippen LogP contribution in [0.3, 0.4) is 0 Å². The van der Waals surface area contributed by atoms with Crippen LogP contribution >= 0.6 is 0 Å². The second kappa shape index (κ2) is 48.6. The first-order chi connectivity index (χ1) is 21.3. The van der Waals surface area contributed by atoms with Crippen LogP contribution in [-0.2, 0) is 14.3 Å². The first-order valence-corrected chi connectivity index (χ1v) is 18.8. The number of unbranched alkanes of at least 4 members (excludes halogenated alkanes) is 11. The summed E-state index contributed by atoms with van der Waals surface area (Å²) < 4.78 is 5.28. The van der Waals surface area contributed by atoms with E-state index in [1.807, 2.05) is 33.8 Å². The van der Waals surface area contributed by atoms with Gasteiger partial charge in [-0.05, 0) is 64.0 Å². The Bertz CT molecular complexity index is 561. The van der Waals surface area contributed by atoms with Crippen molar-refractivity contribution in [3.05, 3.63) is 25.3 Å². The fraction of sp³-hybridized carbons (Fsp3) is 0.850. The molecule has 0 saturated carbocycles. The highest BCUT2D eigenvalue weighted by atomic mass is 16.5. The summed E-state index contributed by atoms with van der Waals surface area (Å²) in [4.78, 5) is 23.8. The molecule has 0 aliphatic carbocycles. The Morgan fingerprint density at radius 1 is 0.773 bits per heavy atom. The minimum Gasteiger partial charge on any atom is -0.383 e. The molecule has 4 nitrogen and oxygen atoms in total. The van der Waals surface area contributed by atoms with E-state index in [0.717, 1.165) is 44.8 Å². The number of carbonyl (C=O) groups excluding carboxylic acids is 2. The van der Waals surface area contributed by atoms with E-state index in [4.69, 9.17) is 4.74 Å². The Balaban J connectivity index is -0.000000164. The van der Waals surface area contributed by atoms with Crippen LogP contribution in [0.1, 0.15) is 185 Å². The van der Waals surface area contributed by atoms with Crippen LogP contribution in [0.25, 0.3) is 0 Å². The summed E-state index contributed by atoms with van der Waals surface area (Å²) in [5, 5.41) is 0. The monoisotopic (exact) mass is 626 g/mol. The van der Waals surface area contributed by atoms with Gasteiger partial charge >= 0.3 is 0 Å². The van der Waals surface area contributed by atoms with Gasteiger partial charge in [-0.15, -0.1) is 6.58 Å². The van der Waals surface area contributed by atoms with Gasteiger partial charge in [0.25, 0.3) is 0 Å². The van der Waals surface area contributed by atoms with Gasteiger partial charge in [0.15, 0.2) is 5.78 Å². The predicted octanol–water partition coefficient (Wildman–Crippen LogP) is 12.6. The summed E-state index contributed by atoms with van der Waals surface area (Å²) in [7, 11) is 1.79. The fourth-order valence-electron chi connectivity index (χ4n) is 4.62. The second-order valence-electron chi connectivity index (χ2n) is 11.5. The number of rotatable bonds is 21. The van der Waals surface area contributed by atoms with Gasteiger partial charge in [0.05, 0.1) is 6.61 Å². The molecule has 0 aromatic heterocycles. The number of nitrogens with zero attached hydrogens (tertiary/aromatic N) is 1. The zero-order valence-corrected chi connectivity index (χ0v) is 32.2. The molecule has 1 fully saturated rings. The van der Waals surface area contributed by atoms with Gasteiger partial charge in [0, 0.05) is 32.5 Å². The first kappa shape index (κ1) is 52.3. The average molecular weight is 626 g/mol. The van der Waals surface area contributed by atoms with Crippen molar-refractivity contribution in [3.8, 4) is 0 Å². The third-order valence-electron chi connectivity index (χ3n) is 6.84. The Labute approximate surface area is 279 Å². The number of Topliss-reactive ketones (excluding diaryl/α,β-unsaturated/α-hetero) is 1. The SMILES string of the molecule is C=CC(=O)CCCC.C=CCCCCCCCCCC.CC.CC.CCC.COC[C@@H]1C[C@@H](C)CN1CCCCCC(C)=O. The van der Waals surface area contributed by atoms with Gasteiger partial charge < -0.3 is 9.53 Å². The molecular formula is C40H83NO3. The highest BCUT2D eigenvalue weighted by Gasteiger charge is 2.28. The van der Waals surface area contributed by atoms with Crippen molar-refractivity contribution in [1.82, 2.24) is 4.90 Å². The molecule has 4 heteroatoms. The van der Waals surface area contributed by atoms with E-state index in [1.165, 1.54) is 96.1 Å². The van der Waals surface area contributed by atoms with Crippen LogP contribution in [0.5, 0.6) is 0 Å². The highest BCUT2D eigenvalue weighted by molar-refractivity contribution is 5.88. The number of hydrogen-bond acceptors (Lipinski definition) is 4. The lowest BCUT2D eigenvalue weighted by molar-refractivity contribution is -0.117. The zero-order valence-electron chi connectivity index (χ0n) is 32.2. The number of likely N-dealkylation sites (tertiary alicyclic amines) is 1. The molecule has 1 heterocycles. The van der Waals surface area contributed by atoms with Crippen LogP contribution in [0, 0.1) is 5.92 Å². The molecule has 1 aliphatic heterocycles. The van der Waals surface area contributed by atoms with E-state index < -0.39 is 0 Å². The maximum Gasteiger partial charge on any atom is 0.155 e. The first-order valence-electron chi connectivity index (χ1n) is 18.8. The number of ketones is 2. The standard InChI is InChI=1S/C14H27NO2.C12H24.C7H12O.C3H8.2C2H6/c1-12-9-14(11-17-3)15(10-12)8-6-4-5-7-13(2)16;1-3-5-7-9-11-12-10-8-6-4-2;1-3-5-6-7(8)4-2;1-3-2;2*1-2/h12,14H,4-11H2,1-3H3;3H,1,4-12H2,2H3;4H,2-3,5-6H2,1H3;3H2,1-2H3;2*1-2H3/t12-,14+;;;;;/m1...../s1. The molecule has 0 bridgehead atoms. The van der Waals surface area contributed by atoms with Gasteiger partial charge in [-0.25, -0.2) is 0 Å². The Hall–Kier alpha value is -1.26. The van der Waals surface area contributed by atoms with Gasteiger partial charge in [-0.2, -0.15) is 0 Å². The molecule has 1 saturated heterocycles. The predicted molar refractivity (Wildman–Crippen MR) is 201 cm³/mol. The molecule has 44 heavy (non-hydrogen) atoms. The molecule has 266 valence electrons. The van der Waals surface area contributed by atoms with E-state index in [2.05, 4.69) is 52.7 Å². The smallest absolute Gasteiger partial charge is 0.155 e. The summed E-state index contributed by atoms with van der Waals surface area (Å²) in [5.74, 6) is 1.27. The molecule has 0 unspecified atom stereocenters. The minimum atomic E-state index is 0.159. The zero-order chi connectivity index (χ0) is 34.9. The van der Waals surface area contributed by atoms with E-state index >= 15 is 0 Å². The molecule has 2 atom stereocenters. The lowest BCUT2D eigenvalue weighted by Crippen LogP contribution is -2.33. The second-order valence-corrected chi connectivity index (χ2v) is 11.5. The van der Waals surface area contributed by atoms with Gasteiger partial charge in [0.2, 0.25) is 0 Å². The van der Waals surface area contributed by atoms with E-state index in [0.29, 0.717) is 18.2 Å². The Morgan fingerprint density at radius 2 is 1.27 bits per heavy atom. The molecule has 1 rings (SSSR count). The summed E-state index contributed by atoms with van der Waals surface area (Å²) in [6.45, 7) is 30.9. The summed E-state index contributed by atoms with van der Waals surface area (Å²) in [6, 6.07) is 0.614. The van der Waals surface area contributed by atoms with Crippen LogP contribution in [0.15, 0.2) is 25.3 Å². The highest BCUT2D eigenvalue weighted by Crippen LogP contribution is 2.23. The normalized spacial score (nSPS) is 14.8. The number of ether oxygens (including phenoxy) is 1. The number of methoxy groups -OCH3 is 1. The van der Waals surface area contributed by atoms with Crippen LogP contribution in [0.2, 0.25) is 0 Å². The average Bonchev–Trinajstić information content (AvgIpc) is 3.38. The maximum absolute atomic E-state index is 10.8. The van der Waals surface area contributed by atoms with Gasteiger partial charge in [-0.1, -0.05) is 139 Å². The van der Waals surface area contributed by atoms with Crippen molar-refractivity contribution in [3.63, 3.8) is 0 Å². The van der Waals surface area contributed by atoms with Crippen molar-refractivity contribution in [1.29, 1.82) is 0 Å². The molecule has 0 amide bonds. The molecule has 0 N–H and O–H groups in total. The molecular weight excluding hydrogens is 542 g/mol. The lowest BCUT2D eigenvalue weighted by atomic mass is 10.1. The van der Waals surface area contributed by atoms with E-state index in [9.17, 15) is 9.59 Å². The quantitative estimate of drug-likeness (QED) is 0.0723. The molecule has 0 aromatic rings. The third kappa shape index (κ3) is 47.7. The molecule has 0 aromatic carbocycles. The van der Waals surface area contributed by atoms with E-state index in [1.54, 1.807) is 14.0 Å². The van der Waals surface area contributed by atoms with Crippen molar-refractivity contribution in [2.45, 2.75) is 191 Å². The fourth-order valence-corrected chi connectivity index (χ4v) is 4.62. The molecule has 0 radical (unpaired) electrons. The van der Waals surface area contributed by atoms with Gasteiger partial charge in [-0.3, -0.25) is 9.69 Å². The molecule has 1 aliphatic rings. The Morgan fingerprint density at radius 3 is 1.73 bits per heavy atom. The maximum atomic E-state index is 10.8. The van der Waals surface area contributed by atoms with Crippen LogP contribution in [0.4, 0.5) is 0 Å². The topological polar surface area (TPSA) is 46.6 Å². The largest absolute Gasteiger partial charge is 0.383 e.